The number of nitrogens with zero attached hydrogens (tertiary/aromatic N) is 2. The van der Waals surface area contributed by atoms with Crippen molar-refractivity contribution in [3.63, 3.8) is 0 Å². The van der Waals surface area contributed by atoms with E-state index < -0.39 is 0 Å². The van der Waals surface area contributed by atoms with Crippen molar-refractivity contribution in [2.24, 2.45) is 0 Å². The Balaban J connectivity index is 1.93. The summed E-state index contributed by atoms with van der Waals surface area (Å²) >= 11 is 3.54. The quantitative estimate of drug-likeness (QED) is 0.882. The van der Waals surface area contributed by atoms with Crippen molar-refractivity contribution in [2.45, 2.75) is 44.4 Å². The second-order valence-corrected chi connectivity index (χ2v) is 6.09. The maximum atomic E-state index is 4.36. The van der Waals surface area contributed by atoms with E-state index in [1.807, 2.05) is 6.92 Å². The Labute approximate surface area is 99.2 Å². The summed E-state index contributed by atoms with van der Waals surface area (Å²) in [4.78, 5) is 4.36. The van der Waals surface area contributed by atoms with Crippen LogP contribution in [0.25, 0.3) is 0 Å². The number of hydrogen-bond donors (Lipinski definition) is 1. The molecule has 1 aromatic rings. The van der Waals surface area contributed by atoms with Gasteiger partial charge in [-0.2, -0.15) is 16.1 Å². The molecule has 0 amide bonds. The minimum absolute atomic E-state index is 0.599. The Bertz CT molecular complexity index is 313. The lowest BCUT2D eigenvalue weighted by molar-refractivity contribution is 0.766. The minimum atomic E-state index is 0.599. The fraction of sp³-hybridized carbons (Fsp3) is 0.800. The zero-order chi connectivity index (χ0) is 10.7. The monoisotopic (exact) mass is 243 g/mol. The van der Waals surface area contributed by atoms with Gasteiger partial charge in [-0.15, -0.1) is 0 Å². The summed E-state index contributed by atoms with van der Waals surface area (Å²) in [5, 5.41) is 5.27. The minimum Gasteiger partial charge on any atom is -0.356 e. The first kappa shape index (κ1) is 11.2. The van der Waals surface area contributed by atoms with Gasteiger partial charge in [-0.3, -0.25) is 0 Å². The van der Waals surface area contributed by atoms with Crippen LogP contribution in [-0.2, 0) is 0 Å². The lowest BCUT2D eigenvalue weighted by atomic mass is 10.2. The highest BCUT2D eigenvalue weighted by Crippen LogP contribution is 2.32. The first-order valence-electron chi connectivity index (χ1n) is 5.48. The summed E-state index contributed by atoms with van der Waals surface area (Å²) < 4.78 is 4.19. The zero-order valence-corrected chi connectivity index (χ0v) is 10.8. The molecule has 0 aliphatic heterocycles. The average Bonchev–Trinajstić information content (AvgIpc) is 2.78. The summed E-state index contributed by atoms with van der Waals surface area (Å²) in [6, 6.07) is 0.599. The van der Waals surface area contributed by atoms with E-state index in [9.17, 15) is 0 Å². The molecule has 2 atom stereocenters. The van der Waals surface area contributed by atoms with Gasteiger partial charge in [0.15, 0.2) is 0 Å². The molecule has 0 unspecified atom stereocenters. The van der Waals surface area contributed by atoms with Crippen molar-refractivity contribution in [3.05, 3.63) is 5.82 Å². The van der Waals surface area contributed by atoms with E-state index in [0.717, 1.165) is 16.2 Å². The molecular weight excluding hydrogens is 226 g/mol. The van der Waals surface area contributed by atoms with Crippen molar-refractivity contribution < 1.29 is 0 Å². The Hall–Kier alpha value is -0.290. The van der Waals surface area contributed by atoms with E-state index >= 15 is 0 Å². The van der Waals surface area contributed by atoms with Gasteiger partial charge in [0.25, 0.3) is 0 Å². The molecular formula is C10H17N3S2. The fourth-order valence-corrected chi connectivity index (χ4v) is 3.85. The molecule has 0 bridgehead atoms. The van der Waals surface area contributed by atoms with Crippen LogP contribution in [0.3, 0.4) is 0 Å². The number of aromatic nitrogens is 2. The summed E-state index contributed by atoms with van der Waals surface area (Å²) in [5.41, 5.74) is 0. The Morgan fingerprint density at radius 2 is 2.40 bits per heavy atom. The number of thioether (sulfide) groups is 1. The molecule has 1 fully saturated rings. The van der Waals surface area contributed by atoms with Crippen LogP contribution < -0.4 is 5.32 Å². The smallest absolute Gasteiger partial charge is 0.202 e. The predicted molar refractivity (Wildman–Crippen MR) is 67.8 cm³/mol. The first-order valence-corrected chi connectivity index (χ1v) is 7.30. The number of aryl methyl sites for hydroxylation is 1. The van der Waals surface area contributed by atoms with Crippen molar-refractivity contribution in [1.82, 2.24) is 9.36 Å². The highest BCUT2D eigenvalue weighted by Gasteiger charge is 2.27. The highest BCUT2D eigenvalue weighted by molar-refractivity contribution is 7.99. The van der Waals surface area contributed by atoms with Crippen molar-refractivity contribution >= 4 is 28.4 Å². The van der Waals surface area contributed by atoms with Gasteiger partial charge in [-0.1, -0.05) is 13.3 Å². The molecule has 1 saturated carbocycles. The molecule has 1 heterocycles. The Kier molecular flexibility index (Phi) is 3.86. The molecule has 2 rings (SSSR count). The molecule has 0 saturated heterocycles. The third kappa shape index (κ3) is 2.84. The molecule has 0 radical (unpaired) electrons. The SMILES string of the molecule is CCS[C@H]1CCC[C@H]1Nc1nc(C)ns1. The molecule has 1 aliphatic rings. The number of rotatable bonds is 4. The van der Waals surface area contributed by atoms with Gasteiger partial charge in [-0.25, -0.2) is 4.98 Å². The second kappa shape index (κ2) is 5.16. The van der Waals surface area contributed by atoms with Crippen molar-refractivity contribution in [1.29, 1.82) is 0 Å². The first-order chi connectivity index (χ1) is 7.29. The molecule has 1 aliphatic carbocycles. The molecule has 1 N–H and O–H groups in total. The fourth-order valence-electron chi connectivity index (χ4n) is 2.02. The summed E-state index contributed by atoms with van der Waals surface area (Å²) in [7, 11) is 0. The third-order valence-corrected chi connectivity index (χ3v) is 4.73. The van der Waals surface area contributed by atoms with Gasteiger partial charge in [0.2, 0.25) is 5.13 Å². The second-order valence-electron chi connectivity index (χ2n) is 3.82. The molecule has 0 aromatic carbocycles. The van der Waals surface area contributed by atoms with Crippen molar-refractivity contribution in [3.8, 4) is 0 Å². The van der Waals surface area contributed by atoms with Gasteiger partial charge in [0, 0.05) is 22.8 Å². The van der Waals surface area contributed by atoms with Crippen LogP contribution in [0.1, 0.15) is 32.0 Å². The van der Waals surface area contributed by atoms with Crippen LogP contribution in [0, 0.1) is 6.92 Å². The van der Waals surface area contributed by atoms with Crippen LogP contribution in [0.2, 0.25) is 0 Å². The third-order valence-electron chi connectivity index (χ3n) is 2.67. The van der Waals surface area contributed by atoms with Crippen molar-refractivity contribution in [2.75, 3.05) is 11.1 Å². The lowest BCUT2D eigenvalue weighted by Crippen LogP contribution is -2.26. The van der Waals surface area contributed by atoms with Crippen LogP contribution in [0.15, 0.2) is 0 Å². The maximum Gasteiger partial charge on any atom is 0.202 e. The normalized spacial score (nSPS) is 25.7. The number of hydrogen-bond acceptors (Lipinski definition) is 5. The zero-order valence-electron chi connectivity index (χ0n) is 9.19. The lowest BCUT2D eigenvalue weighted by Gasteiger charge is -2.19. The predicted octanol–water partition coefficient (Wildman–Crippen LogP) is 2.93. The van der Waals surface area contributed by atoms with Gasteiger partial charge < -0.3 is 5.32 Å². The molecule has 84 valence electrons. The molecule has 1 aromatic heterocycles. The average molecular weight is 243 g/mol. The van der Waals surface area contributed by atoms with E-state index in [2.05, 4.69) is 33.4 Å². The van der Waals surface area contributed by atoms with E-state index in [4.69, 9.17) is 0 Å². The summed E-state index contributed by atoms with van der Waals surface area (Å²) in [5.74, 6) is 2.08. The molecule has 5 heteroatoms. The van der Waals surface area contributed by atoms with Crippen LogP contribution in [0.5, 0.6) is 0 Å². The Morgan fingerprint density at radius 1 is 1.53 bits per heavy atom. The number of nitrogens with one attached hydrogen (secondary N) is 1. The molecule has 15 heavy (non-hydrogen) atoms. The maximum absolute atomic E-state index is 4.36. The highest BCUT2D eigenvalue weighted by atomic mass is 32.2. The van der Waals surface area contributed by atoms with Crippen LogP contribution in [-0.4, -0.2) is 26.4 Å². The van der Waals surface area contributed by atoms with Gasteiger partial charge >= 0.3 is 0 Å². The van der Waals surface area contributed by atoms with Gasteiger partial charge in [0.1, 0.15) is 5.82 Å². The molecule has 3 nitrogen and oxygen atoms in total. The van der Waals surface area contributed by atoms with E-state index in [1.165, 1.54) is 36.5 Å². The van der Waals surface area contributed by atoms with Gasteiger partial charge in [-0.05, 0) is 25.5 Å². The molecule has 0 spiro atoms. The van der Waals surface area contributed by atoms with Crippen LogP contribution >= 0.6 is 23.3 Å². The van der Waals surface area contributed by atoms with Crippen LogP contribution in [0.4, 0.5) is 5.13 Å². The van der Waals surface area contributed by atoms with E-state index in [-0.39, 0.29) is 0 Å². The van der Waals surface area contributed by atoms with E-state index in [1.54, 1.807) is 0 Å². The number of anilines is 1. The standard InChI is InChI=1S/C10H17N3S2/c1-3-14-9-6-4-5-8(9)12-10-11-7(2)13-15-10/h8-9H,3-6H2,1-2H3,(H,11,12,13)/t8-,9+/m1/s1. The Morgan fingerprint density at radius 3 is 3.07 bits per heavy atom. The topological polar surface area (TPSA) is 37.8 Å². The summed E-state index contributed by atoms with van der Waals surface area (Å²) in [6.07, 6.45) is 3.96. The largest absolute Gasteiger partial charge is 0.356 e. The van der Waals surface area contributed by atoms with Gasteiger partial charge in [0.05, 0.1) is 0 Å². The summed E-state index contributed by atoms with van der Waals surface area (Å²) in [6.45, 7) is 4.17. The van der Waals surface area contributed by atoms with E-state index in [0.29, 0.717) is 6.04 Å².